The Morgan fingerprint density at radius 2 is 2.17 bits per heavy atom. The first-order chi connectivity index (χ1) is 8.66. The van der Waals surface area contributed by atoms with Gasteiger partial charge in [-0.2, -0.15) is 0 Å². The van der Waals surface area contributed by atoms with Crippen molar-refractivity contribution in [1.29, 1.82) is 0 Å². The SMILES string of the molecule is CN(CC1CCC(C(=O)O)CC1)c1cccnc1. The van der Waals surface area contributed by atoms with Crippen molar-refractivity contribution in [3.05, 3.63) is 24.5 Å². The molecule has 0 unspecified atom stereocenters. The third kappa shape index (κ3) is 3.22. The summed E-state index contributed by atoms with van der Waals surface area (Å²) in [6.45, 7) is 0.984. The lowest BCUT2D eigenvalue weighted by atomic mass is 9.82. The van der Waals surface area contributed by atoms with Crippen LogP contribution in [-0.2, 0) is 4.79 Å². The summed E-state index contributed by atoms with van der Waals surface area (Å²) in [5.74, 6) is -0.148. The molecule has 18 heavy (non-hydrogen) atoms. The van der Waals surface area contributed by atoms with Gasteiger partial charge in [0.05, 0.1) is 17.8 Å². The Morgan fingerprint density at radius 3 is 2.72 bits per heavy atom. The van der Waals surface area contributed by atoms with E-state index in [1.165, 1.54) is 0 Å². The molecule has 4 heteroatoms. The van der Waals surface area contributed by atoms with Crippen LogP contribution in [0.3, 0.4) is 0 Å². The standard InChI is InChI=1S/C14H20N2O2/c1-16(13-3-2-8-15-9-13)10-11-4-6-12(7-5-11)14(17)18/h2-3,8-9,11-12H,4-7,10H2,1H3,(H,17,18). The Kier molecular flexibility index (Phi) is 4.18. The Hall–Kier alpha value is -1.58. The second-order valence-corrected chi connectivity index (χ2v) is 5.15. The van der Waals surface area contributed by atoms with E-state index in [4.69, 9.17) is 5.11 Å². The number of carboxylic acids is 1. The minimum atomic E-state index is -0.630. The van der Waals surface area contributed by atoms with Gasteiger partial charge in [0.2, 0.25) is 0 Å². The molecule has 0 radical (unpaired) electrons. The van der Waals surface area contributed by atoms with E-state index >= 15 is 0 Å². The van der Waals surface area contributed by atoms with Gasteiger partial charge in [0, 0.05) is 19.8 Å². The van der Waals surface area contributed by atoms with Crippen LogP contribution in [-0.4, -0.2) is 29.7 Å². The molecule has 0 bridgehead atoms. The lowest BCUT2D eigenvalue weighted by Crippen LogP contribution is -2.30. The number of carbonyl (C=O) groups is 1. The summed E-state index contributed by atoms with van der Waals surface area (Å²) in [6, 6.07) is 3.99. The van der Waals surface area contributed by atoms with Crippen molar-refractivity contribution in [2.45, 2.75) is 25.7 Å². The monoisotopic (exact) mass is 248 g/mol. The maximum atomic E-state index is 10.9. The van der Waals surface area contributed by atoms with Gasteiger partial charge in [-0.3, -0.25) is 9.78 Å². The number of aromatic nitrogens is 1. The molecule has 0 atom stereocenters. The van der Waals surface area contributed by atoms with Crippen molar-refractivity contribution in [3.63, 3.8) is 0 Å². The van der Waals surface area contributed by atoms with Crippen LogP contribution >= 0.6 is 0 Å². The summed E-state index contributed by atoms with van der Waals surface area (Å²) in [5, 5.41) is 8.97. The van der Waals surface area contributed by atoms with E-state index in [1.54, 1.807) is 6.20 Å². The third-order valence-corrected chi connectivity index (χ3v) is 3.81. The van der Waals surface area contributed by atoms with E-state index in [0.717, 1.165) is 37.9 Å². The highest BCUT2D eigenvalue weighted by Gasteiger charge is 2.26. The van der Waals surface area contributed by atoms with Crippen LogP contribution in [0.2, 0.25) is 0 Å². The van der Waals surface area contributed by atoms with E-state index in [-0.39, 0.29) is 5.92 Å². The molecule has 2 rings (SSSR count). The van der Waals surface area contributed by atoms with Gasteiger partial charge in [0.15, 0.2) is 0 Å². The number of rotatable bonds is 4. The molecule has 1 aromatic rings. The minimum absolute atomic E-state index is 0.120. The number of carboxylic acid groups (broad SMARTS) is 1. The molecule has 1 aliphatic rings. The molecule has 1 aliphatic carbocycles. The zero-order chi connectivity index (χ0) is 13.0. The summed E-state index contributed by atoms with van der Waals surface area (Å²) in [5.41, 5.74) is 1.12. The Bertz CT molecular complexity index is 386. The van der Waals surface area contributed by atoms with Crippen molar-refractivity contribution in [2.24, 2.45) is 11.8 Å². The highest BCUT2D eigenvalue weighted by Crippen LogP contribution is 2.30. The Balaban J connectivity index is 1.83. The highest BCUT2D eigenvalue weighted by atomic mass is 16.4. The number of hydrogen-bond donors (Lipinski definition) is 1. The van der Waals surface area contributed by atoms with Gasteiger partial charge in [0.1, 0.15) is 0 Å². The zero-order valence-electron chi connectivity index (χ0n) is 10.7. The van der Waals surface area contributed by atoms with E-state index in [1.807, 2.05) is 12.3 Å². The molecule has 4 nitrogen and oxygen atoms in total. The average molecular weight is 248 g/mol. The first kappa shape index (κ1) is 12.9. The average Bonchev–Trinajstić information content (AvgIpc) is 2.40. The quantitative estimate of drug-likeness (QED) is 0.889. The maximum Gasteiger partial charge on any atom is 0.306 e. The summed E-state index contributed by atoms with van der Waals surface area (Å²) in [6.07, 6.45) is 7.31. The van der Waals surface area contributed by atoms with Gasteiger partial charge < -0.3 is 10.0 Å². The van der Waals surface area contributed by atoms with Gasteiger partial charge in [-0.05, 0) is 43.7 Å². The van der Waals surface area contributed by atoms with E-state index in [9.17, 15) is 4.79 Å². The first-order valence-electron chi connectivity index (χ1n) is 6.51. The molecule has 0 amide bonds. The second-order valence-electron chi connectivity index (χ2n) is 5.15. The van der Waals surface area contributed by atoms with E-state index in [2.05, 4.69) is 23.0 Å². The van der Waals surface area contributed by atoms with Crippen LogP contribution in [0, 0.1) is 11.8 Å². The van der Waals surface area contributed by atoms with Crippen LogP contribution in [0.5, 0.6) is 0 Å². The molecular formula is C14H20N2O2. The number of pyridine rings is 1. The van der Waals surface area contributed by atoms with Crippen molar-refractivity contribution >= 4 is 11.7 Å². The Labute approximate surface area is 108 Å². The molecule has 0 aliphatic heterocycles. The normalized spacial score (nSPS) is 23.6. The number of aliphatic carboxylic acids is 1. The summed E-state index contributed by atoms with van der Waals surface area (Å²) < 4.78 is 0. The molecule has 0 aromatic carbocycles. The van der Waals surface area contributed by atoms with Crippen LogP contribution in [0.1, 0.15) is 25.7 Å². The van der Waals surface area contributed by atoms with Gasteiger partial charge in [-0.25, -0.2) is 0 Å². The summed E-state index contributed by atoms with van der Waals surface area (Å²) >= 11 is 0. The Morgan fingerprint density at radius 1 is 1.44 bits per heavy atom. The molecule has 0 saturated heterocycles. The van der Waals surface area contributed by atoms with Crippen molar-refractivity contribution < 1.29 is 9.90 Å². The molecular weight excluding hydrogens is 228 g/mol. The number of hydrogen-bond acceptors (Lipinski definition) is 3. The van der Waals surface area contributed by atoms with Crippen LogP contribution < -0.4 is 4.90 Å². The fourth-order valence-electron chi connectivity index (χ4n) is 2.66. The van der Waals surface area contributed by atoms with Crippen LogP contribution in [0.25, 0.3) is 0 Å². The predicted molar refractivity (Wildman–Crippen MR) is 70.6 cm³/mol. The molecule has 1 N–H and O–H groups in total. The van der Waals surface area contributed by atoms with Crippen LogP contribution in [0.4, 0.5) is 5.69 Å². The summed E-state index contributed by atoms with van der Waals surface area (Å²) in [7, 11) is 2.07. The molecule has 98 valence electrons. The minimum Gasteiger partial charge on any atom is -0.481 e. The summed E-state index contributed by atoms with van der Waals surface area (Å²) in [4.78, 5) is 17.2. The number of nitrogens with zero attached hydrogens (tertiary/aromatic N) is 2. The van der Waals surface area contributed by atoms with Gasteiger partial charge in [0.25, 0.3) is 0 Å². The first-order valence-corrected chi connectivity index (χ1v) is 6.51. The van der Waals surface area contributed by atoms with Gasteiger partial charge in [-0.1, -0.05) is 0 Å². The van der Waals surface area contributed by atoms with Crippen molar-refractivity contribution in [1.82, 2.24) is 4.98 Å². The molecule has 1 saturated carbocycles. The second kappa shape index (κ2) is 5.85. The molecule has 1 fully saturated rings. The lowest BCUT2D eigenvalue weighted by molar-refractivity contribution is -0.143. The topological polar surface area (TPSA) is 53.4 Å². The zero-order valence-corrected chi connectivity index (χ0v) is 10.7. The third-order valence-electron chi connectivity index (χ3n) is 3.81. The highest BCUT2D eigenvalue weighted by molar-refractivity contribution is 5.70. The van der Waals surface area contributed by atoms with Crippen LogP contribution in [0.15, 0.2) is 24.5 Å². The molecule has 1 aromatic heterocycles. The molecule has 1 heterocycles. The number of anilines is 1. The smallest absolute Gasteiger partial charge is 0.306 e. The van der Waals surface area contributed by atoms with E-state index < -0.39 is 5.97 Å². The van der Waals surface area contributed by atoms with Gasteiger partial charge >= 0.3 is 5.97 Å². The largest absolute Gasteiger partial charge is 0.481 e. The van der Waals surface area contributed by atoms with Crippen molar-refractivity contribution in [2.75, 3.05) is 18.5 Å². The fourth-order valence-corrected chi connectivity index (χ4v) is 2.66. The molecule has 0 spiro atoms. The van der Waals surface area contributed by atoms with Crippen molar-refractivity contribution in [3.8, 4) is 0 Å². The lowest BCUT2D eigenvalue weighted by Gasteiger charge is -2.30. The van der Waals surface area contributed by atoms with Gasteiger partial charge in [-0.15, -0.1) is 0 Å². The predicted octanol–water partition coefficient (Wildman–Crippen LogP) is 2.41. The van der Waals surface area contributed by atoms with E-state index in [0.29, 0.717) is 5.92 Å². The maximum absolute atomic E-state index is 10.9. The fraction of sp³-hybridized carbons (Fsp3) is 0.571.